The van der Waals surface area contributed by atoms with Crippen molar-refractivity contribution in [2.45, 2.75) is 19.9 Å². The van der Waals surface area contributed by atoms with E-state index in [0.29, 0.717) is 30.7 Å². The van der Waals surface area contributed by atoms with E-state index < -0.39 is 11.8 Å². The van der Waals surface area contributed by atoms with E-state index in [0.717, 1.165) is 16.3 Å². The number of pyridine rings is 1. The van der Waals surface area contributed by atoms with Crippen LogP contribution in [0.5, 0.6) is 5.75 Å². The van der Waals surface area contributed by atoms with Gasteiger partial charge in [-0.05, 0) is 55.1 Å². The summed E-state index contributed by atoms with van der Waals surface area (Å²) in [6.45, 7) is 2.72. The summed E-state index contributed by atoms with van der Waals surface area (Å²) in [5.41, 5.74) is 1.14. The van der Waals surface area contributed by atoms with Crippen molar-refractivity contribution in [3.8, 4) is 5.75 Å². The quantitative estimate of drug-likeness (QED) is 0.137. The first kappa shape index (κ1) is 21.3. The molecule has 0 radical (unpaired) electrons. The lowest BCUT2D eigenvalue weighted by Gasteiger charge is -2.13. The van der Waals surface area contributed by atoms with Gasteiger partial charge in [0.05, 0.1) is 18.7 Å². The molecular formula is C26H23NO5. The highest BCUT2D eigenvalue weighted by Crippen LogP contribution is 2.22. The number of fused-ring (bicyclic) bond motifs is 3. The Morgan fingerprint density at radius 1 is 0.844 bits per heavy atom. The average molecular weight is 429 g/mol. The molecular weight excluding hydrogens is 406 g/mol. The smallest absolute Gasteiger partial charge is 0.379 e. The number of Topliss-reactive ketones (excluding diaryl/α,β-unsaturated/α-hetero) is 1. The Bertz CT molecular complexity index is 1340. The third-order valence-electron chi connectivity index (χ3n) is 5.26. The standard InChI is InChI=1S/C26H23NO5/c1-2-31-26(30)24(28)18-12-14-19(15-13-18)32-17-7-16-27-23-11-6-5-9-21(23)20-8-3-4-10-22(20)25(27)29/h3-6,8-15H,2,7,16-17H2,1H3. The molecule has 6 nitrogen and oxygen atoms in total. The van der Waals surface area contributed by atoms with Crippen molar-refractivity contribution in [3.05, 3.63) is 88.7 Å². The number of carbonyl (C=O) groups excluding carboxylic acids is 2. The molecule has 4 aromatic rings. The molecule has 0 saturated carbocycles. The SMILES string of the molecule is CCOC(=O)C(=O)c1ccc(OCCCn2c(=O)c3ccccc3c3ccccc32)cc1. The third kappa shape index (κ3) is 4.25. The maximum absolute atomic E-state index is 13.1. The Hall–Kier alpha value is -3.93. The second-order valence-corrected chi connectivity index (χ2v) is 7.30. The average Bonchev–Trinajstić information content (AvgIpc) is 2.83. The summed E-state index contributed by atoms with van der Waals surface area (Å²) < 4.78 is 12.3. The fraction of sp³-hybridized carbons (Fsp3) is 0.192. The van der Waals surface area contributed by atoms with Gasteiger partial charge in [0.1, 0.15) is 5.75 Å². The van der Waals surface area contributed by atoms with E-state index in [4.69, 9.17) is 9.47 Å². The Morgan fingerprint density at radius 2 is 1.50 bits per heavy atom. The van der Waals surface area contributed by atoms with E-state index in [1.807, 2.05) is 48.5 Å². The summed E-state index contributed by atoms with van der Waals surface area (Å²) >= 11 is 0. The second kappa shape index (κ2) is 9.47. The molecule has 4 rings (SSSR count). The fourth-order valence-corrected chi connectivity index (χ4v) is 3.75. The molecule has 6 heteroatoms. The Balaban J connectivity index is 1.44. The first-order valence-corrected chi connectivity index (χ1v) is 10.5. The summed E-state index contributed by atoms with van der Waals surface area (Å²) in [6.07, 6.45) is 0.631. The van der Waals surface area contributed by atoms with Gasteiger partial charge in [-0.3, -0.25) is 9.59 Å². The zero-order chi connectivity index (χ0) is 22.5. The van der Waals surface area contributed by atoms with E-state index in [2.05, 4.69) is 0 Å². The van der Waals surface area contributed by atoms with Crippen LogP contribution in [0, 0.1) is 0 Å². The number of rotatable bonds is 8. The number of carbonyl (C=O) groups is 2. The van der Waals surface area contributed by atoms with Gasteiger partial charge in [-0.1, -0.05) is 36.4 Å². The molecule has 0 spiro atoms. The van der Waals surface area contributed by atoms with Gasteiger partial charge in [0, 0.05) is 22.9 Å². The molecule has 0 N–H and O–H groups in total. The topological polar surface area (TPSA) is 74.6 Å². The molecule has 1 aromatic heterocycles. The molecule has 32 heavy (non-hydrogen) atoms. The number of esters is 1. The minimum atomic E-state index is -0.866. The molecule has 0 aliphatic heterocycles. The Labute approximate surface area is 185 Å². The molecule has 0 bridgehead atoms. The van der Waals surface area contributed by atoms with Gasteiger partial charge >= 0.3 is 5.97 Å². The van der Waals surface area contributed by atoms with Gasteiger partial charge in [0.15, 0.2) is 0 Å². The second-order valence-electron chi connectivity index (χ2n) is 7.30. The zero-order valence-corrected chi connectivity index (χ0v) is 17.7. The van der Waals surface area contributed by atoms with Crippen molar-refractivity contribution in [2.75, 3.05) is 13.2 Å². The first-order valence-electron chi connectivity index (χ1n) is 10.5. The monoisotopic (exact) mass is 429 g/mol. The van der Waals surface area contributed by atoms with E-state index in [1.165, 1.54) is 12.1 Å². The number of hydrogen-bond donors (Lipinski definition) is 0. The summed E-state index contributed by atoms with van der Waals surface area (Å²) in [4.78, 5) is 36.6. The molecule has 1 heterocycles. The van der Waals surface area contributed by atoms with Crippen molar-refractivity contribution in [1.82, 2.24) is 4.57 Å². The largest absolute Gasteiger partial charge is 0.494 e. The maximum Gasteiger partial charge on any atom is 0.379 e. The molecule has 0 aliphatic rings. The molecule has 0 fully saturated rings. The van der Waals surface area contributed by atoms with Crippen molar-refractivity contribution >= 4 is 33.4 Å². The third-order valence-corrected chi connectivity index (χ3v) is 5.26. The summed E-state index contributed by atoms with van der Waals surface area (Å²) in [6, 6.07) is 21.9. The molecule has 162 valence electrons. The van der Waals surface area contributed by atoms with Crippen molar-refractivity contribution in [2.24, 2.45) is 0 Å². The van der Waals surface area contributed by atoms with Crippen LogP contribution in [0.1, 0.15) is 23.7 Å². The lowest BCUT2D eigenvalue weighted by molar-refractivity contribution is -0.137. The van der Waals surface area contributed by atoms with Crippen LogP contribution < -0.4 is 10.3 Å². The Kier molecular flexibility index (Phi) is 6.31. The zero-order valence-electron chi connectivity index (χ0n) is 17.7. The van der Waals surface area contributed by atoms with Crippen LogP contribution in [0.4, 0.5) is 0 Å². The number of aromatic nitrogens is 1. The normalized spacial score (nSPS) is 10.9. The summed E-state index contributed by atoms with van der Waals surface area (Å²) in [5, 5.41) is 2.71. The van der Waals surface area contributed by atoms with Crippen LogP contribution in [0.2, 0.25) is 0 Å². The number of nitrogens with zero attached hydrogens (tertiary/aromatic N) is 1. The van der Waals surface area contributed by atoms with Gasteiger partial charge in [0.25, 0.3) is 11.3 Å². The van der Waals surface area contributed by atoms with Crippen molar-refractivity contribution < 1.29 is 19.1 Å². The maximum atomic E-state index is 13.1. The van der Waals surface area contributed by atoms with Crippen LogP contribution in [0.15, 0.2) is 77.6 Å². The fourth-order valence-electron chi connectivity index (χ4n) is 3.75. The molecule has 3 aromatic carbocycles. The van der Waals surface area contributed by atoms with Crippen molar-refractivity contribution in [1.29, 1.82) is 0 Å². The molecule has 0 atom stereocenters. The molecule has 0 aliphatic carbocycles. The predicted molar refractivity (Wildman–Crippen MR) is 123 cm³/mol. The van der Waals surface area contributed by atoms with Crippen LogP contribution >= 0.6 is 0 Å². The van der Waals surface area contributed by atoms with E-state index in [1.54, 1.807) is 23.6 Å². The van der Waals surface area contributed by atoms with Gasteiger partial charge in [-0.25, -0.2) is 4.79 Å². The molecule has 0 amide bonds. The minimum absolute atomic E-state index is 0.0128. The molecule has 0 saturated heterocycles. The van der Waals surface area contributed by atoms with Crippen LogP contribution in [0.3, 0.4) is 0 Å². The highest BCUT2D eigenvalue weighted by molar-refractivity contribution is 6.40. The minimum Gasteiger partial charge on any atom is -0.494 e. The van der Waals surface area contributed by atoms with Crippen LogP contribution in [0.25, 0.3) is 21.7 Å². The number of hydrogen-bond acceptors (Lipinski definition) is 5. The van der Waals surface area contributed by atoms with E-state index in [9.17, 15) is 14.4 Å². The van der Waals surface area contributed by atoms with E-state index in [-0.39, 0.29) is 17.7 Å². The number of ether oxygens (including phenoxy) is 2. The van der Waals surface area contributed by atoms with Gasteiger partial charge in [-0.15, -0.1) is 0 Å². The van der Waals surface area contributed by atoms with Gasteiger partial charge in [-0.2, -0.15) is 0 Å². The highest BCUT2D eigenvalue weighted by atomic mass is 16.5. The summed E-state index contributed by atoms with van der Waals surface area (Å²) in [7, 11) is 0. The number of aryl methyl sites for hydroxylation is 1. The van der Waals surface area contributed by atoms with Crippen LogP contribution in [-0.2, 0) is 16.1 Å². The van der Waals surface area contributed by atoms with Gasteiger partial charge < -0.3 is 14.0 Å². The lowest BCUT2D eigenvalue weighted by Crippen LogP contribution is -2.22. The van der Waals surface area contributed by atoms with Gasteiger partial charge in [0.2, 0.25) is 0 Å². The lowest BCUT2D eigenvalue weighted by atomic mass is 10.1. The number of benzene rings is 3. The van der Waals surface area contributed by atoms with Crippen LogP contribution in [-0.4, -0.2) is 29.5 Å². The highest BCUT2D eigenvalue weighted by Gasteiger charge is 2.17. The summed E-state index contributed by atoms with van der Waals surface area (Å²) in [5.74, 6) is -0.962. The molecule has 0 unspecified atom stereocenters. The van der Waals surface area contributed by atoms with E-state index >= 15 is 0 Å². The predicted octanol–water partition coefficient (Wildman–Crippen LogP) is 4.37. The van der Waals surface area contributed by atoms with Crippen molar-refractivity contribution in [3.63, 3.8) is 0 Å². The number of para-hydroxylation sites is 1. The Morgan fingerprint density at radius 3 is 2.22 bits per heavy atom. The number of ketones is 1. The first-order chi connectivity index (χ1) is 15.6.